The first-order valence-electron chi connectivity index (χ1n) is 14.9. The minimum atomic E-state index is -0.589. The number of nitro benzene ring substituents is 4. The van der Waals surface area contributed by atoms with Gasteiger partial charge in [-0.15, -0.1) is 0 Å². The van der Waals surface area contributed by atoms with Crippen molar-refractivity contribution in [2.45, 2.75) is 0 Å². The summed E-state index contributed by atoms with van der Waals surface area (Å²) < 4.78 is 0. The zero-order valence-electron chi connectivity index (χ0n) is 25.9. The number of nitro groups is 4. The number of aromatic nitrogens is 8. The number of non-ortho nitro benzene ring substituents is 4. The summed E-state index contributed by atoms with van der Waals surface area (Å²) in [6.45, 7) is 0. The van der Waals surface area contributed by atoms with Crippen molar-refractivity contribution < 1.29 is 36.5 Å². The molecule has 0 aliphatic carbocycles. The van der Waals surface area contributed by atoms with E-state index < -0.39 is 19.7 Å². The normalized spacial score (nSPS) is 11.5. The van der Waals surface area contributed by atoms with Crippen LogP contribution in [0.25, 0.3) is 89.7 Å². The molecule has 9 rings (SSSR count). The molecule has 0 unspecified atom stereocenters. The molecule has 8 bridgehead atoms. The van der Waals surface area contributed by atoms with Crippen LogP contribution in [0.3, 0.4) is 0 Å². The van der Waals surface area contributed by atoms with Crippen molar-refractivity contribution in [3.8, 4) is 45.6 Å². The van der Waals surface area contributed by atoms with E-state index in [1.54, 1.807) is 0 Å². The van der Waals surface area contributed by atoms with Crippen LogP contribution in [0.1, 0.15) is 0 Å². The first-order valence-corrected chi connectivity index (χ1v) is 14.9. The van der Waals surface area contributed by atoms with Crippen LogP contribution in [-0.2, 0) is 16.8 Å². The Morgan fingerprint density at radius 3 is 1.04 bits per heavy atom. The van der Waals surface area contributed by atoms with Gasteiger partial charge in [-0.25, -0.2) is 9.97 Å². The van der Waals surface area contributed by atoms with Gasteiger partial charge < -0.3 is 29.9 Å². The van der Waals surface area contributed by atoms with Gasteiger partial charge in [-0.2, -0.15) is 0 Å². The van der Waals surface area contributed by atoms with Crippen LogP contribution in [-0.4, -0.2) is 49.6 Å². The molecule has 7 aromatic rings. The quantitative estimate of drug-likeness (QED) is 0.153. The molecule has 0 N–H and O–H groups in total. The van der Waals surface area contributed by atoms with E-state index in [4.69, 9.17) is 0 Å². The fraction of sp³-hybridized carbons (Fsp3) is 0. The summed E-state index contributed by atoms with van der Waals surface area (Å²) in [6.07, 6.45) is 0. The van der Waals surface area contributed by atoms with Crippen LogP contribution in [0.4, 0.5) is 22.7 Å². The van der Waals surface area contributed by atoms with Gasteiger partial charge in [0.05, 0.1) is 43.0 Å². The average Bonchev–Trinajstić information content (AvgIpc) is 3.85. The van der Waals surface area contributed by atoms with Gasteiger partial charge in [-0.1, -0.05) is 0 Å². The first-order chi connectivity index (χ1) is 25.0. The topological polar surface area (TPSA) is 278 Å². The summed E-state index contributed by atoms with van der Waals surface area (Å²) in [5, 5.41) is 48.1. The fourth-order valence-electron chi connectivity index (χ4n) is 6.07. The molecule has 0 amide bonds. The molecule has 2 aliphatic rings. The van der Waals surface area contributed by atoms with Crippen LogP contribution in [0.15, 0.2) is 72.8 Å². The smallest absolute Gasteiger partial charge is 0.357 e. The third-order valence-electron chi connectivity index (χ3n) is 8.48. The van der Waals surface area contributed by atoms with Crippen LogP contribution in [0.5, 0.6) is 0 Å². The van der Waals surface area contributed by atoms with Gasteiger partial charge in [0.1, 0.15) is 0 Å². The number of rotatable bonds is 4. The molecule has 0 saturated carbocycles. The molecule has 0 spiro atoms. The third-order valence-corrected chi connectivity index (χ3v) is 8.48. The molecule has 53 heavy (non-hydrogen) atoms. The van der Waals surface area contributed by atoms with Crippen LogP contribution in [0, 0.1) is 40.5 Å². The second-order valence-corrected chi connectivity index (χ2v) is 11.4. The van der Waals surface area contributed by atoms with E-state index in [1.165, 1.54) is 72.8 Å². The Labute approximate surface area is 301 Å². The molecule has 5 heterocycles. The Kier molecular flexibility index (Phi) is 7.19. The fourth-order valence-corrected chi connectivity index (χ4v) is 6.07. The van der Waals surface area contributed by atoms with E-state index >= 15 is 0 Å². The monoisotopic (exact) mass is 751 g/mol. The maximum atomic E-state index is 11.8. The summed E-state index contributed by atoms with van der Waals surface area (Å²) in [7, 11) is 0. The Bertz CT molecular complexity index is 2820. The Morgan fingerprint density at radius 1 is 0.377 bits per heavy atom. The van der Waals surface area contributed by atoms with Crippen molar-refractivity contribution in [1.29, 1.82) is 0 Å². The SMILES string of the molecule is O=[N+]([O-])c1ccc2c(c1)-c1nc-2nc2[n-]c(nc3nc(nc4[n-]c(n1)c1ccc([N+](=O)[O-])cc41)-c1ccc([N+](=O)[O-])cc1-3)c1ccc([N+](=O)[O-])cc21.[Co+2]. The summed E-state index contributed by atoms with van der Waals surface area (Å²) in [5.41, 5.74) is -0.0187. The molecule has 3 aromatic heterocycles. The van der Waals surface area contributed by atoms with Gasteiger partial charge in [-0.3, -0.25) is 40.5 Å². The molecule has 0 saturated heterocycles. The maximum absolute atomic E-state index is 11.8. The number of benzene rings is 4. The van der Waals surface area contributed by atoms with Gasteiger partial charge in [0, 0.05) is 104 Å². The molecule has 20 nitrogen and oxygen atoms in total. The molecule has 2 aliphatic heterocycles. The largest absolute Gasteiger partial charge is 2.00 e. The number of hydrogen-bond donors (Lipinski definition) is 0. The van der Waals surface area contributed by atoms with Crippen molar-refractivity contribution in [2.24, 2.45) is 0 Å². The number of nitrogens with zero attached hydrogens (tertiary/aromatic N) is 12. The van der Waals surface area contributed by atoms with Crippen molar-refractivity contribution in [1.82, 2.24) is 39.9 Å². The summed E-state index contributed by atoms with van der Waals surface area (Å²) in [6, 6.07) is 15.8. The van der Waals surface area contributed by atoms with E-state index in [2.05, 4.69) is 39.9 Å². The standard InChI is InChI=1S/C32H12N12O8.Co/c45-41(46)13-1-5-17-21(9-13)29-33-25(17)37-30-22-10-14(42(47)48)2-6-18(22)27(34-30)39-32-24-12-16(44(51)52)4-8-20(24)28(36-32)40-31-23-11-15(43(49)50)3-7-19(23)26(35-31)38-29;/h1-12H;/q-2;+2. The molecule has 21 heteroatoms. The van der Waals surface area contributed by atoms with Gasteiger partial charge in [0.15, 0.2) is 0 Å². The predicted octanol–water partition coefficient (Wildman–Crippen LogP) is 5.76. The van der Waals surface area contributed by atoms with Gasteiger partial charge in [-0.05, 0) is 35.0 Å². The Hall–Kier alpha value is -7.65. The van der Waals surface area contributed by atoms with Gasteiger partial charge in [0.2, 0.25) is 0 Å². The van der Waals surface area contributed by atoms with Gasteiger partial charge in [0.25, 0.3) is 22.7 Å². The molecule has 0 fully saturated rings. The summed E-state index contributed by atoms with van der Waals surface area (Å²) >= 11 is 0. The molecular weight excluding hydrogens is 739 g/mol. The average molecular weight is 751 g/mol. The zero-order chi connectivity index (χ0) is 36.0. The molecule has 257 valence electrons. The maximum Gasteiger partial charge on any atom is 2.00 e. The number of fused-ring (bicyclic) bond motifs is 20. The molecule has 4 aromatic carbocycles. The van der Waals surface area contributed by atoms with E-state index in [0.717, 1.165) is 0 Å². The van der Waals surface area contributed by atoms with E-state index in [-0.39, 0.29) is 107 Å². The minimum absolute atomic E-state index is 0. The van der Waals surface area contributed by atoms with Gasteiger partial charge >= 0.3 is 16.8 Å². The first kappa shape index (κ1) is 32.5. The van der Waals surface area contributed by atoms with E-state index in [9.17, 15) is 40.5 Å². The molecular formula is C32H12CoN12O8. The van der Waals surface area contributed by atoms with Crippen molar-refractivity contribution >= 4 is 66.9 Å². The van der Waals surface area contributed by atoms with Crippen LogP contribution in [0.2, 0.25) is 0 Å². The van der Waals surface area contributed by atoms with Crippen molar-refractivity contribution in [3.05, 3.63) is 113 Å². The van der Waals surface area contributed by atoms with Crippen molar-refractivity contribution in [3.63, 3.8) is 0 Å². The van der Waals surface area contributed by atoms with Crippen LogP contribution < -0.4 is 9.97 Å². The Balaban J connectivity index is 0.00000400. The predicted molar refractivity (Wildman–Crippen MR) is 181 cm³/mol. The van der Waals surface area contributed by atoms with Crippen LogP contribution >= 0.6 is 0 Å². The van der Waals surface area contributed by atoms with E-state index in [0.29, 0.717) is 21.9 Å². The molecule has 1 radical (unpaired) electrons. The van der Waals surface area contributed by atoms with E-state index in [1.807, 2.05) is 0 Å². The molecule has 0 atom stereocenters. The third kappa shape index (κ3) is 5.14. The summed E-state index contributed by atoms with van der Waals surface area (Å²) in [5.74, 6) is -0.0435. The second-order valence-electron chi connectivity index (χ2n) is 11.4. The minimum Gasteiger partial charge on any atom is -0.357 e. The zero-order valence-corrected chi connectivity index (χ0v) is 26.9. The summed E-state index contributed by atoms with van der Waals surface area (Å²) in [4.78, 5) is 81.5. The Morgan fingerprint density at radius 2 is 0.679 bits per heavy atom. The number of hydrogen-bond acceptors (Lipinski definition) is 14. The second kappa shape index (κ2) is 11.7. The van der Waals surface area contributed by atoms with Crippen molar-refractivity contribution in [2.75, 3.05) is 0 Å².